The third-order valence-electron chi connectivity index (χ3n) is 5.34. The number of hydrogen-bond acceptors (Lipinski definition) is 6. The van der Waals surface area contributed by atoms with E-state index in [2.05, 4.69) is 20.8 Å². The Kier molecular flexibility index (Phi) is 5.80. The molecule has 1 aliphatic carbocycles. The molecular weight excluding hydrogens is 348 g/mol. The molecule has 0 amide bonds. The number of rotatable bonds is 3. The summed E-state index contributed by atoms with van der Waals surface area (Å²) in [4.78, 5) is 37.6. The van der Waals surface area contributed by atoms with Gasteiger partial charge in [-0.15, -0.1) is 0 Å². The molecule has 1 saturated carbocycles. The van der Waals surface area contributed by atoms with Crippen LogP contribution in [0.2, 0.25) is 0 Å². The molecule has 148 valence electrons. The van der Waals surface area contributed by atoms with E-state index in [1.165, 1.54) is 21.1 Å². The van der Waals surface area contributed by atoms with E-state index >= 15 is 0 Å². The van der Waals surface area contributed by atoms with Crippen molar-refractivity contribution in [2.75, 3.05) is 14.2 Å². The minimum absolute atomic E-state index is 0.0735. The number of carbonyl (C=O) groups excluding carboxylic acids is 3. The molecule has 1 aromatic rings. The Morgan fingerprint density at radius 1 is 1.07 bits per heavy atom. The summed E-state index contributed by atoms with van der Waals surface area (Å²) >= 11 is 0. The summed E-state index contributed by atoms with van der Waals surface area (Å²) in [5.74, 6) is -4.92. The highest BCUT2D eigenvalue weighted by atomic mass is 16.5. The molecule has 27 heavy (non-hydrogen) atoms. The lowest BCUT2D eigenvalue weighted by Gasteiger charge is -2.43. The van der Waals surface area contributed by atoms with E-state index < -0.39 is 41.1 Å². The highest BCUT2D eigenvalue weighted by Gasteiger charge is 2.56. The van der Waals surface area contributed by atoms with Gasteiger partial charge in [0.25, 0.3) is 0 Å². The molecule has 0 saturated heterocycles. The number of hydrogen-bond donors (Lipinski definition) is 1. The van der Waals surface area contributed by atoms with Gasteiger partial charge < -0.3 is 14.6 Å². The van der Waals surface area contributed by atoms with Gasteiger partial charge in [0.15, 0.2) is 5.78 Å². The van der Waals surface area contributed by atoms with Crippen molar-refractivity contribution in [1.29, 1.82) is 0 Å². The van der Waals surface area contributed by atoms with Gasteiger partial charge >= 0.3 is 11.9 Å². The third kappa shape index (κ3) is 4.05. The normalized spacial score (nSPS) is 28.6. The molecule has 0 bridgehead atoms. The van der Waals surface area contributed by atoms with Gasteiger partial charge in [-0.05, 0) is 23.5 Å². The van der Waals surface area contributed by atoms with Crippen LogP contribution in [0.4, 0.5) is 0 Å². The molecule has 1 aliphatic rings. The van der Waals surface area contributed by atoms with Gasteiger partial charge in [0, 0.05) is 12.3 Å². The Hall–Kier alpha value is -2.21. The first-order valence-corrected chi connectivity index (χ1v) is 8.95. The van der Waals surface area contributed by atoms with Crippen molar-refractivity contribution in [3.63, 3.8) is 0 Å². The fourth-order valence-corrected chi connectivity index (χ4v) is 3.87. The standard InChI is InChI=1S/C21H28O6/c1-20(2,3)13-9-7-12(8-10-13)15-16(18(23)26-5)14(22)11-21(4,25)17(15)19(24)27-6/h7-10,15-17,25H,11H2,1-6H3/t15-,16-,17-,21+/m1/s1. The van der Waals surface area contributed by atoms with Crippen LogP contribution >= 0.6 is 0 Å². The van der Waals surface area contributed by atoms with Gasteiger partial charge in [-0.2, -0.15) is 0 Å². The maximum Gasteiger partial charge on any atom is 0.316 e. The number of ether oxygens (including phenoxy) is 2. The first-order chi connectivity index (χ1) is 12.4. The summed E-state index contributed by atoms with van der Waals surface area (Å²) < 4.78 is 9.72. The Morgan fingerprint density at radius 3 is 2.04 bits per heavy atom. The fourth-order valence-electron chi connectivity index (χ4n) is 3.87. The quantitative estimate of drug-likeness (QED) is 0.643. The van der Waals surface area contributed by atoms with Crippen molar-refractivity contribution >= 4 is 17.7 Å². The van der Waals surface area contributed by atoms with E-state index in [-0.39, 0.29) is 11.8 Å². The van der Waals surface area contributed by atoms with Crippen LogP contribution in [0.5, 0.6) is 0 Å². The van der Waals surface area contributed by atoms with E-state index in [9.17, 15) is 19.5 Å². The number of benzene rings is 1. The molecule has 0 unspecified atom stereocenters. The second-order valence-corrected chi connectivity index (χ2v) is 8.40. The summed E-state index contributed by atoms with van der Waals surface area (Å²) in [5, 5.41) is 10.8. The van der Waals surface area contributed by atoms with Crippen molar-refractivity contribution in [2.45, 2.75) is 51.0 Å². The van der Waals surface area contributed by atoms with Gasteiger partial charge in [-0.3, -0.25) is 14.4 Å². The zero-order valence-corrected chi connectivity index (χ0v) is 16.7. The number of esters is 2. The Labute approximate surface area is 159 Å². The molecule has 6 heteroatoms. The van der Waals surface area contributed by atoms with Gasteiger partial charge in [0.1, 0.15) is 5.92 Å². The zero-order chi connectivity index (χ0) is 20.6. The zero-order valence-electron chi connectivity index (χ0n) is 16.7. The number of ketones is 1. The van der Waals surface area contributed by atoms with Crippen molar-refractivity contribution < 1.29 is 29.0 Å². The maximum absolute atomic E-state index is 12.7. The minimum atomic E-state index is -1.62. The average Bonchev–Trinajstić information content (AvgIpc) is 2.58. The van der Waals surface area contributed by atoms with Crippen LogP contribution in [0.15, 0.2) is 24.3 Å². The minimum Gasteiger partial charge on any atom is -0.469 e. The lowest BCUT2D eigenvalue weighted by atomic mass is 9.61. The number of Topliss-reactive ketones (excluding diaryl/α,β-unsaturated/α-hetero) is 1. The van der Waals surface area contributed by atoms with Crippen LogP contribution in [0, 0.1) is 11.8 Å². The van der Waals surface area contributed by atoms with Crippen molar-refractivity contribution in [1.82, 2.24) is 0 Å². The summed E-state index contributed by atoms with van der Waals surface area (Å²) in [7, 11) is 2.43. The monoisotopic (exact) mass is 376 g/mol. The van der Waals surface area contributed by atoms with E-state index in [1.54, 1.807) is 12.1 Å². The number of methoxy groups -OCH3 is 2. The molecule has 0 aliphatic heterocycles. The summed E-state index contributed by atoms with van der Waals surface area (Å²) in [5.41, 5.74) is -0.00988. The largest absolute Gasteiger partial charge is 0.469 e. The molecule has 0 radical (unpaired) electrons. The first-order valence-electron chi connectivity index (χ1n) is 8.95. The molecule has 1 fully saturated rings. The van der Waals surface area contributed by atoms with Crippen LogP contribution in [-0.4, -0.2) is 42.6 Å². The SMILES string of the molecule is COC(=O)[C@@H]1C(=O)C[C@](C)(O)[C@@H](C(=O)OC)[C@@H]1c1ccc(C(C)(C)C)cc1. The molecule has 1 N–H and O–H groups in total. The van der Waals surface area contributed by atoms with E-state index in [0.717, 1.165) is 5.56 Å². The van der Waals surface area contributed by atoms with E-state index in [1.807, 2.05) is 12.1 Å². The maximum atomic E-state index is 12.7. The smallest absolute Gasteiger partial charge is 0.316 e. The Morgan fingerprint density at radius 2 is 1.59 bits per heavy atom. The van der Waals surface area contributed by atoms with Crippen LogP contribution in [0.3, 0.4) is 0 Å². The van der Waals surface area contributed by atoms with Crippen molar-refractivity contribution in [2.24, 2.45) is 11.8 Å². The predicted octanol–water partition coefficient (Wildman–Crippen LogP) is 2.37. The highest BCUT2D eigenvalue weighted by molar-refractivity contribution is 6.02. The fraction of sp³-hybridized carbons (Fsp3) is 0.571. The van der Waals surface area contributed by atoms with E-state index in [4.69, 9.17) is 9.47 Å². The third-order valence-corrected chi connectivity index (χ3v) is 5.34. The Bertz CT molecular complexity index is 726. The summed E-state index contributed by atoms with van der Waals surface area (Å²) in [6.45, 7) is 7.65. The summed E-state index contributed by atoms with van der Waals surface area (Å²) in [6.07, 6.45) is -0.316. The van der Waals surface area contributed by atoms with Crippen LogP contribution in [-0.2, 0) is 29.3 Å². The topological polar surface area (TPSA) is 89.9 Å². The van der Waals surface area contributed by atoms with Gasteiger partial charge in [0.2, 0.25) is 0 Å². The molecule has 4 atom stereocenters. The average molecular weight is 376 g/mol. The van der Waals surface area contributed by atoms with Gasteiger partial charge in [0.05, 0.1) is 25.7 Å². The molecule has 2 rings (SSSR count). The Balaban J connectivity index is 2.62. The molecule has 0 heterocycles. The number of carbonyl (C=O) groups is 3. The van der Waals surface area contributed by atoms with Gasteiger partial charge in [-0.1, -0.05) is 45.0 Å². The molecule has 0 spiro atoms. The molecule has 6 nitrogen and oxygen atoms in total. The lowest BCUT2D eigenvalue weighted by Crippen LogP contribution is -2.55. The lowest BCUT2D eigenvalue weighted by molar-refractivity contribution is -0.170. The van der Waals surface area contributed by atoms with E-state index in [0.29, 0.717) is 5.56 Å². The highest BCUT2D eigenvalue weighted by Crippen LogP contribution is 2.46. The second kappa shape index (κ2) is 7.43. The molecular formula is C21H28O6. The molecule has 0 aromatic heterocycles. The van der Waals surface area contributed by atoms with Crippen LogP contribution in [0.25, 0.3) is 0 Å². The van der Waals surface area contributed by atoms with Crippen LogP contribution < -0.4 is 0 Å². The summed E-state index contributed by atoms with van der Waals surface area (Å²) in [6, 6.07) is 7.41. The molecule has 1 aromatic carbocycles. The van der Waals surface area contributed by atoms with Crippen molar-refractivity contribution in [3.05, 3.63) is 35.4 Å². The predicted molar refractivity (Wildman–Crippen MR) is 99.1 cm³/mol. The number of aliphatic hydroxyl groups is 1. The van der Waals surface area contributed by atoms with Crippen LogP contribution in [0.1, 0.15) is 51.2 Å². The van der Waals surface area contributed by atoms with Crippen molar-refractivity contribution in [3.8, 4) is 0 Å². The second-order valence-electron chi connectivity index (χ2n) is 8.40. The van der Waals surface area contributed by atoms with Gasteiger partial charge in [-0.25, -0.2) is 0 Å². The first kappa shape index (κ1) is 21.1.